The first kappa shape index (κ1) is 27.4. The van der Waals surface area contributed by atoms with Gasteiger partial charge in [-0.3, -0.25) is 9.59 Å². The fourth-order valence-electron chi connectivity index (χ4n) is 3.19. The van der Waals surface area contributed by atoms with Crippen molar-refractivity contribution >= 4 is 17.9 Å². The maximum absolute atomic E-state index is 13.4. The molecule has 9 heteroatoms. The highest BCUT2D eigenvalue weighted by atomic mass is 16.6. The van der Waals surface area contributed by atoms with Crippen molar-refractivity contribution in [1.82, 2.24) is 15.5 Å². The van der Waals surface area contributed by atoms with E-state index in [1.807, 2.05) is 19.9 Å². The van der Waals surface area contributed by atoms with Gasteiger partial charge in [0.2, 0.25) is 11.8 Å². The highest BCUT2D eigenvalue weighted by Gasteiger charge is 2.36. The molecule has 4 N–H and O–H groups in total. The third-order valence-corrected chi connectivity index (χ3v) is 4.73. The quantitative estimate of drug-likeness (QED) is 0.451. The summed E-state index contributed by atoms with van der Waals surface area (Å²) in [5.41, 5.74) is 1.56. The Kier molecular flexibility index (Phi) is 10.1. The smallest absolute Gasteiger partial charge is 0.408 e. The lowest BCUT2D eigenvalue weighted by Crippen LogP contribution is -2.55. The number of alkyl carbamates (subject to hydrolysis) is 1. The van der Waals surface area contributed by atoms with Gasteiger partial charge in [0.25, 0.3) is 0 Å². The number of carbonyl (C=O) groups is 3. The van der Waals surface area contributed by atoms with Crippen LogP contribution in [-0.4, -0.2) is 70.5 Å². The molecule has 3 amide bonds. The molecular weight excluding hydrogens is 414 g/mol. The molecule has 1 rings (SSSR count). The van der Waals surface area contributed by atoms with E-state index < -0.39 is 48.8 Å². The van der Waals surface area contributed by atoms with Gasteiger partial charge in [0, 0.05) is 12.6 Å². The molecule has 1 aromatic rings. The topological polar surface area (TPSA) is 128 Å². The van der Waals surface area contributed by atoms with E-state index in [0.29, 0.717) is 5.56 Å². The van der Waals surface area contributed by atoms with Gasteiger partial charge in [-0.15, -0.1) is 0 Å². The minimum absolute atomic E-state index is 0.172. The highest BCUT2D eigenvalue weighted by molar-refractivity contribution is 5.92. The summed E-state index contributed by atoms with van der Waals surface area (Å²) in [4.78, 5) is 39.9. The molecule has 0 saturated heterocycles. The number of aryl methyl sites for hydroxylation is 1. The summed E-state index contributed by atoms with van der Waals surface area (Å²) in [6.45, 7) is 11.1. The number of aliphatic hydroxyl groups excluding tert-OH is 2. The summed E-state index contributed by atoms with van der Waals surface area (Å²) in [6, 6.07) is 2.84. The molecule has 2 atom stereocenters. The lowest BCUT2D eigenvalue weighted by Gasteiger charge is -2.35. The second kappa shape index (κ2) is 11.8. The van der Waals surface area contributed by atoms with Gasteiger partial charge in [0.1, 0.15) is 17.7 Å². The van der Waals surface area contributed by atoms with Crippen LogP contribution in [0, 0.1) is 13.8 Å². The van der Waals surface area contributed by atoms with Gasteiger partial charge in [0.15, 0.2) is 0 Å². The number of hydrogen-bond acceptors (Lipinski definition) is 6. The van der Waals surface area contributed by atoms with Crippen molar-refractivity contribution in [3.63, 3.8) is 0 Å². The summed E-state index contributed by atoms with van der Waals surface area (Å²) >= 11 is 0. The van der Waals surface area contributed by atoms with E-state index in [4.69, 9.17) is 4.74 Å². The number of benzene rings is 1. The molecule has 0 saturated carbocycles. The van der Waals surface area contributed by atoms with Crippen LogP contribution in [0.4, 0.5) is 4.79 Å². The molecule has 0 bridgehead atoms. The summed E-state index contributed by atoms with van der Waals surface area (Å²) < 4.78 is 5.18. The highest BCUT2D eigenvalue weighted by Crippen LogP contribution is 2.27. The number of aliphatic hydroxyl groups is 2. The fraction of sp³-hybridized carbons (Fsp3) is 0.609. The first-order valence-corrected chi connectivity index (χ1v) is 10.7. The zero-order chi connectivity index (χ0) is 24.6. The first-order chi connectivity index (χ1) is 14.8. The summed E-state index contributed by atoms with van der Waals surface area (Å²) in [5.74, 6) is -1.14. The SMILES string of the molecule is Cc1cccc(C(C(=O)NC(C)C)N(CCO)C(=O)C(CO)NC(=O)OC(C)(C)C)c1C. The molecule has 1 aromatic carbocycles. The molecule has 32 heavy (non-hydrogen) atoms. The Morgan fingerprint density at radius 1 is 1.09 bits per heavy atom. The number of rotatable bonds is 9. The standard InChI is InChI=1S/C23H37N3O6/c1-14(2)24-20(29)19(17-10-8-9-15(3)16(17)4)26(11-12-27)21(30)18(13-28)25-22(31)32-23(5,6)7/h8-10,14,18-19,27-28H,11-13H2,1-7H3,(H,24,29)(H,25,31). The van der Waals surface area contributed by atoms with Crippen LogP contribution in [0.1, 0.15) is 57.4 Å². The molecule has 0 heterocycles. The zero-order valence-electron chi connectivity index (χ0n) is 20.1. The van der Waals surface area contributed by atoms with Crippen molar-refractivity contribution < 1.29 is 29.3 Å². The monoisotopic (exact) mass is 451 g/mol. The number of amides is 3. The number of nitrogens with one attached hydrogen (secondary N) is 2. The van der Waals surface area contributed by atoms with Crippen molar-refractivity contribution in [3.8, 4) is 0 Å². The van der Waals surface area contributed by atoms with Crippen molar-refractivity contribution in [2.75, 3.05) is 19.8 Å². The molecule has 0 spiro atoms. The molecule has 0 aliphatic carbocycles. The van der Waals surface area contributed by atoms with Crippen molar-refractivity contribution in [2.45, 2.75) is 72.2 Å². The van der Waals surface area contributed by atoms with Crippen molar-refractivity contribution in [1.29, 1.82) is 0 Å². The van der Waals surface area contributed by atoms with Gasteiger partial charge < -0.3 is 30.5 Å². The van der Waals surface area contributed by atoms with E-state index in [2.05, 4.69) is 10.6 Å². The maximum atomic E-state index is 13.4. The number of nitrogens with zero attached hydrogens (tertiary/aromatic N) is 1. The second-order valence-corrected chi connectivity index (χ2v) is 8.99. The van der Waals surface area contributed by atoms with E-state index in [1.165, 1.54) is 4.90 Å². The first-order valence-electron chi connectivity index (χ1n) is 10.7. The van der Waals surface area contributed by atoms with E-state index in [0.717, 1.165) is 11.1 Å². The molecule has 180 valence electrons. The normalized spacial score (nSPS) is 13.3. The van der Waals surface area contributed by atoms with E-state index in [-0.39, 0.29) is 12.6 Å². The van der Waals surface area contributed by atoms with E-state index in [9.17, 15) is 24.6 Å². The molecule has 0 radical (unpaired) electrons. The van der Waals surface area contributed by atoms with Gasteiger partial charge in [-0.25, -0.2) is 4.79 Å². The fourth-order valence-corrected chi connectivity index (χ4v) is 3.19. The Balaban J connectivity index is 3.39. The predicted molar refractivity (Wildman–Crippen MR) is 121 cm³/mol. The minimum atomic E-state index is -1.35. The van der Waals surface area contributed by atoms with Crippen LogP contribution in [0.2, 0.25) is 0 Å². The molecule has 9 nitrogen and oxygen atoms in total. The summed E-state index contributed by atoms with van der Waals surface area (Å²) in [5, 5.41) is 24.7. The van der Waals surface area contributed by atoms with Crippen molar-refractivity contribution in [2.24, 2.45) is 0 Å². The molecule has 0 aliphatic heterocycles. The number of ether oxygens (including phenoxy) is 1. The maximum Gasteiger partial charge on any atom is 0.408 e. The number of hydrogen-bond donors (Lipinski definition) is 4. The van der Waals surface area contributed by atoms with Crippen LogP contribution >= 0.6 is 0 Å². The van der Waals surface area contributed by atoms with Gasteiger partial charge >= 0.3 is 6.09 Å². The lowest BCUT2D eigenvalue weighted by molar-refractivity contribution is -0.144. The summed E-state index contributed by atoms with van der Waals surface area (Å²) in [7, 11) is 0. The Morgan fingerprint density at radius 2 is 1.72 bits per heavy atom. The van der Waals surface area contributed by atoms with E-state index >= 15 is 0 Å². The van der Waals surface area contributed by atoms with Gasteiger partial charge in [-0.05, 0) is 65.2 Å². The molecule has 0 aliphatic rings. The van der Waals surface area contributed by atoms with E-state index in [1.54, 1.807) is 46.8 Å². The Labute approximate surface area is 190 Å². The average molecular weight is 452 g/mol. The average Bonchev–Trinajstić information content (AvgIpc) is 2.66. The Hall–Kier alpha value is -2.65. The molecule has 0 aromatic heterocycles. The third-order valence-electron chi connectivity index (χ3n) is 4.73. The third kappa shape index (κ3) is 7.80. The number of carbonyl (C=O) groups excluding carboxylic acids is 3. The summed E-state index contributed by atoms with van der Waals surface area (Å²) in [6.07, 6.45) is -0.872. The van der Waals surface area contributed by atoms with Crippen LogP contribution in [0.3, 0.4) is 0 Å². The molecule has 2 unspecified atom stereocenters. The zero-order valence-corrected chi connectivity index (χ0v) is 20.1. The Bertz CT molecular complexity index is 803. The van der Waals surface area contributed by atoms with Gasteiger partial charge in [-0.1, -0.05) is 18.2 Å². The predicted octanol–water partition coefficient (Wildman–Crippen LogP) is 1.58. The van der Waals surface area contributed by atoms with Gasteiger partial charge in [-0.2, -0.15) is 0 Å². The molecule has 0 fully saturated rings. The van der Waals surface area contributed by atoms with Crippen LogP contribution in [0.15, 0.2) is 18.2 Å². The van der Waals surface area contributed by atoms with Crippen LogP contribution in [0.25, 0.3) is 0 Å². The largest absolute Gasteiger partial charge is 0.444 e. The van der Waals surface area contributed by atoms with Crippen LogP contribution in [-0.2, 0) is 14.3 Å². The lowest BCUT2D eigenvalue weighted by atomic mass is 9.95. The molecular formula is C23H37N3O6. The second-order valence-electron chi connectivity index (χ2n) is 8.99. The van der Waals surface area contributed by atoms with Crippen LogP contribution < -0.4 is 10.6 Å². The Morgan fingerprint density at radius 3 is 2.22 bits per heavy atom. The minimum Gasteiger partial charge on any atom is -0.444 e. The van der Waals surface area contributed by atoms with Gasteiger partial charge in [0.05, 0.1) is 13.2 Å². The van der Waals surface area contributed by atoms with Crippen LogP contribution in [0.5, 0.6) is 0 Å². The van der Waals surface area contributed by atoms with Crippen molar-refractivity contribution in [3.05, 3.63) is 34.9 Å².